The van der Waals surface area contributed by atoms with Gasteiger partial charge in [0.25, 0.3) is 0 Å². The number of hydrogen-bond acceptors (Lipinski definition) is 3. The van der Waals surface area contributed by atoms with Gasteiger partial charge in [0, 0.05) is 39.3 Å². The second kappa shape index (κ2) is 9.77. The molecular formula is C20H39N5. The summed E-state index contributed by atoms with van der Waals surface area (Å²) in [6.45, 7) is 12.9. The van der Waals surface area contributed by atoms with Crippen molar-refractivity contribution in [2.24, 2.45) is 16.8 Å². The minimum atomic E-state index is 0.735. The summed E-state index contributed by atoms with van der Waals surface area (Å²) in [5.74, 6) is 2.72. The standard InChI is InChI=1S/C20H39N5/c1-3-21-20(22-14-18-8-7-10-23(2)15-18)25-13-9-19(17-25)16-24-11-5-4-6-12-24/h18-19H,3-17H2,1-2H3,(H,21,22). The van der Waals surface area contributed by atoms with Gasteiger partial charge in [0.1, 0.15) is 0 Å². The molecule has 2 unspecified atom stereocenters. The van der Waals surface area contributed by atoms with Crippen LogP contribution in [0.15, 0.2) is 4.99 Å². The lowest BCUT2D eigenvalue weighted by Crippen LogP contribution is -2.42. The van der Waals surface area contributed by atoms with Gasteiger partial charge in [-0.15, -0.1) is 0 Å². The lowest BCUT2D eigenvalue weighted by molar-refractivity contribution is 0.198. The van der Waals surface area contributed by atoms with Crippen molar-refractivity contribution in [3.8, 4) is 0 Å². The topological polar surface area (TPSA) is 34.1 Å². The summed E-state index contributed by atoms with van der Waals surface area (Å²) < 4.78 is 0. The number of nitrogens with one attached hydrogen (secondary N) is 1. The third kappa shape index (κ3) is 5.85. The van der Waals surface area contributed by atoms with Gasteiger partial charge in [0.2, 0.25) is 0 Å². The first-order valence-electron chi connectivity index (χ1n) is 10.7. The quantitative estimate of drug-likeness (QED) is 0.609. The van der Waals surface area contributed by atoms with E-state index in [2.05, 4.69) is 34.0 Å². The zero-order chi connectivity index (χ0) is 17.5. The van der Waals surface area contributed by atoms with E-state index in [-0.39, 0.29) is 0 Å². The van der Waals surface area contributed by atoms with E-state index >= 15 is 0 Å². The summed E-state index contributed by atoms with van der Waals surface area (Å²) in [6, 6.07) is 0. The number of piperidine rings is 2. The predicted octanol–water partition coefficient (Wildman–Crippen LogP) is 2.10. The molecule has 1 N–H and O–H groups in total. The summed E-state index contributed by atoms with van der Waals surface area (Å²) >= 11 is 0. The van der Waals surface area contributed by atoms with Crippen molar-refractivity contribution < 1.29 is 0 Å². The number of hydrogen-bond donors (Lipinski definition) is 1. The Labute approximate surface area is 154 Å². The minimum absolute atomic E-state index is 0.735. The molecule has 144 valence electrons. The SMILES string of the molecule is CCNC(=NCC1CCCN(C)C1)N1CCC(CN2CCCCC2)C1. The lowest BCUT2D eigenvalue weighted by Gasteiger charge is -2.30. The van der Waals surface area contributed by atoms with Crippen molar-refractivity contribution in [3.05, 3.63) is 0 Å². The van der Waals surface area contributed by atoms with Gasteiger partial charge in [0.05, 0.1) is 0 Å². The molecule has 0 aromatic carbocycles. The van der Waals surface area contributed by atoms with Crippen LogP contribution in [-0.2, 0) is 0 Å². The number of nitrogens with zero attached hydrogens (tertiary/aromatic N) is 4. The van der Waals surface area contributed by atoms with Crippen LogP contribution in [0.2, 0.25) is 0 Å². The Balaban J connectivity index is 1.49. The van der Waals surface area contributed by atoms with Crippen LogP contribution < -0.4 is 5.32 Å². The molecule has 3 saturated heterocycles. The third-order valence-corrected chi connectivity index (χ3v) is 6.11. The summed E-state index contributed by atoms with van der Waals surface area (Å²) in [4.78, 5) is 12.7. The zero-order valence-corrected chi connectivity index (χ0v) is 16.6. The van der Waals surface area contributed by atoms with Crippen molar-refractivity contribution in [1.82, 2.24) is 20.0 Å². The fourth-order valence-corrected chi connectivity index (χ4v) is 4.74. The predicted molar refractivity (Wildman–Crippen MR) is 106 cm³/mol. The maximum atomic E-state index is 5.03. The largest absolute Gasteiger partial charge is 0.357 e. The van der Waals surface area contributed by atoms with Crippen LogP contribution in [0.5, 0.6) is 0 Å². The Bertz CT molecular complexity index is 418. The fourth-order valence-electron chi connectivity index (χ4n) is 4.74. The molecule has 3 rings (SSSR count). The average Bonchev–Trinajstić information content (AvgIpc) is 3.08. The number of rotatable bonds is 5. The molecule has 0 aliphatic carbocycles. The Morgan fingerprint density at radius 2 is 1.80 bits per heavy atom. The molecule has 2 atom stereocenters. The molecule has 3 aliphatic heterocycles. The van der Waals surface area contributed by atoms with Crippen molar-refractivity contribution in [2.75, 3.05) is 66.0 Å². The highest BCUT2D eigenvalue weighted by Crippen LogP contribution is 2.20. The fraction of sp³-hybridized carbons (Fsp3) is 0.950. The van der Waals surface area contributed by atoms with Gasteiger partial charge < -0.3 is 20.0 Å². The molecule has 0 aromatic rings. The normalized spacial score (nSPS) is 30.0. The first-order chi connectivity index (χ1) is 12.2. The van der Waals surface area contributed by atoms with E-state index < -0.39 is 0 Å². The van der Waals surface area contributed by atoms with Gasteiger partial charge >= 0.3 is 0 Å². The lowest BCUT2D eigenvalue weighted by atomic mass is 9.99. The Kier molecular flexibility index (Phi) is 7.41. The van der Waals surface area contributed by atoms with Crippen LogP contribution in [0.1, 0.15) is 45.4 Å². The molecule has 0 radical (unpaired) electrons. The number of guanidine groups is 1. The molecule has 3 heterocycles. The van der Waals surface area contributed by atoms with Gasteiger partial charge in [-0.2, -0.15) is 0 Å². The Morgan fingerprint density at radius 1 is 0.960 bits per heavy atom. The second-order valence-electron chi connectivity index (χ2n) is 8.43. The molecule has 0 aromatic heterocycles. The van der Waals surface area contributed by atoms with E-state index in [0.29, 0.717) is 0 Å². The van der Waals surface area contributed by atoms with Gasteiger partial charge in [0.15, 0.2) is 5.96 Å². The molecule has 0 spiro atoms. The molecule has 0 saturated carbocycles. The number of aliphatic imine (C=N–C) groups is 1. The van der Waals surface area contributed by atoms with Crippen LogP contribution in [-0.4, -0.2) is 86.6 Å². The summed E-state index contributed by atoms with van der Waals surface area (Å²) in [5, 5.41) is 3.55. The molecule has 0 amide bonds. The molecule has 0 bridgehead atoms. The maximum Gasteiger partial charge on any atom is 0.193 e. The van der Waals surface area contributed by atoms with Crippen molar-refractivity contribution in [1.29, 1.82) is 0 Å². The second-order valence-corrected chi connectivity index (χ2v) is 8.43. The Morgan fingerprint density at radius 3 is 2.56 bits per heavy atom. The van der Waals surface area contributed by atoms with Gasteiger partial charge in [-0.05, 0) is 77.5 Å². The molecule has 3 aliphatic rings. The highest BCUT2D eigenvalue weighted by molar-refractivity contribution is 5.80. The van der Waals surface area contributed by atoms with E-state index in [1.165, 1.54) is 84.3 Å². The van der Waals surface area contributed by atoms with Gasteiger partial charge in [-0.25, -0.2) is 0 Å². The van der Waals surface area contributed by atoms with Crippen LogP contribution in [0.4, 0.5) is 0 Å². The molecule has 5 nitrogen and oxygen atoms in total. The van der Waals surface area contributed by atoms with Gasteiger partial charge in [-0.3, -0.25) is 4.99 Å². The molecule has 25 heavy (non-hydrogen) atoms. The minimum Gasteiger partial charge on any atom is -0.357 e. The first-order valence-corrected chi connectivity index (χ1v) is 10.7. The van der Waals surface area contributed by atoms with E-state index in [1.54, 1.807) is 0 Å². The summed E-state index contributed by atoms with van der Waals surface area (Å²) in [7, 11) is 2.24. The highest BCUT2D eigenvalue weighted by Gasteiger charge is 2.27. The van der Waals surface area contributed by atoms with E-state index in [4.69, 9.17) is 4.99 Å². The van der Waals surface area contributed by atoms with E-state index in [1.807, 2.05) is 0 Å². The number of likely N-dealkylation sites (tertiary alicyclic amines) is 3. The average molecular weight is 350 g/mol. The summed E-state index contributed by atoms with van der Waals surface area (Å²) in [5.41, 5.74) is 0. The van der Waals surface area contributed by atoms with Crippen molar-refractivity contribution in [2.45, 2.75) is 45.4 Å². The Hall–Kier alpha value is -0.810. The third-order valence-electron chi connectivity index (χ3n) is 6.11. The van der Waals surface area contributed by atoms with Crippen molar-refractivity contribution >= 4 is 5.96 Å². The molecular weight excluding hydrogens is 310 g/mol. The van der Waals surface area contributed by atoms with Crippen LogP contribution in [0, 0.1) is 11.8 Å². The molecule has 3 fully saturated rings. The van der Waals surface area contributed by atoms with Gasteiger partial charge in [-0.1, -0.05) is 6.42 Å². The summed E-state index contributed by atoms with van der Waals surface area (Å²) in [6.07, 6.45) is 8.22. The van der Waals surface area contributed by atoms with Crippen LogP contribution in [0.3, 0.4) is 0 Å². The zero-order valence-electron chi connectivity index (χ0n) is 16.6. The first kappa shape index (κ1) is 19.0. The monoisotopic (exact) mass is 349 g/mol. The van der Waals surface area contributed by atoms with Crippen LogP contribution >= 0.6 is 0 Å². The van der Waals surface area contributed by atoms with E-state index in [9.17, 15) is 0 Å². The highest BCUT2D eigenvalue weighted by atomic mass is 15.3. The molecule has 5 heteroatoms. The van der Waals surface area contributed by atoms with Crippen molar-refractivity contribution in [3.63, 3.8) is 0 Å². The van der Waals surface area contributed by atoms with E-state index in [0.717, 1.165) is 30.9 Å². The van der Waals surface area contributed by atoms with Crippen LogP contribution in [0.25, 0.3) is 0 Å². The smallest absolute Gasteiger partial charge is 0.193 e. The maximum absolute atomic E-state index is 5.03.